The molecule has 0 bridgehead atoms. The largest absolute Gasteiger partial charge is 1.00 e. The van der Waals surface area contributed by atoms with E-state index in [1.807, 2.05) is 0 Å². The number of hydrogen-bond acceptors (Lipinski definition) is 0. The van der Waals surface area contributed by atoms with Gasteiger partial charge < -0.3 is 21.6 Å². The van der Waals surface area contributed by atoms with Crippen molar-refractivity contribution in [3.05, 3.63) is 0 Å². The van der Waals surface area contributed by atoms with Crippen LogP contribution in [0, 0.1) is 0 Å². The van der Waals surface area contributed by atoms with Gasteiger partial charge >= 0.3 is 8.68 Å². The van der Waals surface area contributed by atoms with Gasteiger partial charge in [-0.25, -0.2) is 0 Å². The fraction of sp³-hybridized carbons (Fsp3) is 1.00. The molecule has 0 spiro atoms. The Kier molecular flexibility index (Phi) is 8.80. The smallest absolute Gasteiger partial charge is 0.422 e. The molecular weight excluding hydrogens is 175 g/mol. The highest BCUT2D eigenvalue weighted by atomic mass is 19.5. The van der Waals surface area contributed by atoms with Gasteiger partial charge in [0.1, 0.15) is 19.8 Å². The second-order valence-electron chi connectivity index (χ2n) is 1.97. The van der Waals surface area contributed by atoms with E-state index in [9.17, 15) is 17.3 Å². The normalized spacial score (nSPS) is 11.0. The number of hydrogen-bond donors (Lipinski definition) is 0. The van der Waals surface area contributed by atoms with E-state index < -0.39 is 7.25 Å². The zero-order chi connectivity index (χ0) is 10.2. The lowest BCUT2D eigenvalue weighted by Crippen LogP contribution is -2.11. The van der Waals surface area contributed by atoms with Gasteiger partial charge in [0.25, 0.3) is 0 Å². The van der Waals surface area contributed by atoms with Crippen LogP contribution in [0.2, 0.25) is 0 Å². The molecule has 0 radical (unpaired) electrons. The van der Waals surface area contributed by atoms with Crippen molar-refractivity contribution in [2.45, 2.75) is 20.8 Å². The summed E-state index contributed by atoms with van der Waals surface area (Å²) < 4.78 is 42.1. The SMILES string of the molecule is CC[O+](CC)CC.F[B-](F)(F)F.[H+]. The van der Waals surface area contributed by atoms with Gasteiger partial charge in [-0.1, -0.05) is 0 Å². The van der Waals surface area contributed by atoms with Crippen LogP contribution in [0.4, 0.5) is 17.3 Å². The van der Waals surface area contributed by atoms with Crippen molar-refractivity contribution in [3.8, 4) is 0 Å². The lowest BCUT2D eigenvalue weighted by atomic mass is 10.3. The third-order valence-corrected chi connectivity index (χ3v) is 1.22. The van der Waals surface area contributed by atoms with Crippen LogP contribution in [0.25, 0.3) is 0 Å². The summed E-state index contributed by atoms with van der Waals surface area (Å²) in [5.41, 5.74) is 0. The van der Waals surface area contributed by atoms with E-state index in [-0.39, 0.29) is 1.43 Å². The fourth-order valence-electron chi connectivity index (χ4n) is 0.612. The summed E-state index contributed by atoms with van der Waals surface area (Å²) in [5, 5.41) is 0. The molecule has 0 fully saturated rings. The summed E-state index contributed by atoms with van der Waals surface area (Å²) in [6, 6.07) is 0. The molecule has 0 saturated carbocycles. The maximum atomic E-state index is 9.75. The molecule has 0 aromatic carbocycles. The Morgan fingerprint density at radius 3 is 1.08 bits per heavy atom. The van der Waals surface area contributed by atoms with E-state index in [0.717, 1.165) is 19.8 Å². The van der Waals surface area contributed by atoms with Crippen LogP contribution in [-0.2, 0) is 4.37 Å². The van der Waals surface area contributed by atoms with Crippen LogP contribution in [0.5, 0.6) is 0 Å². The van der Waals surface area contributed by atoms with Crippen molar-refractivity contribution in [2.75, 3.05) is 19.8 Å². The Balaban J connectivity index is -0.000000150. The first kappa shape index (κ1) is 14.3. The van der Waals surface area contributed by atoms with Crippen molar-refractivity contribution in [1.82, 2.24) is 0 Å². The molecule has 0 N–H and O–H groups in total. The van der Waals surface area contributed by atoms with E-state index in [4.69, 9.17) is 0 Å². The molecular formula is C6H16BF4O+. The van der Waals surface area contributed by atoms with E-state index in [1.54, 1.807) is 0 Å². The summed E-state index contributed by atoms with van der Waals surface area (Å²) in [7, 11) is -6.00. The summed E-state index contributed by atoms with van der Waals surface area (Å²) in [6.45, 7) is 9.76. The van der Waals surface area contributed by atoms with Crippen LogP contribution in [-0.4, -0.2) is 27.1 Å². The van der Waals surface area contributed by atoms with E-state index in [1.165, 1.54) is 0 Å². The standard InChI is InChI=1S/C6H15O.BF4/c1-4-7(5-2)6-3;2-1(3,4)5/h4-6H2,1-3H3;/q+1;-1/p+1. The number of rotatable bonds is 3. The van der Waals surface area contributed by atoms with Gasteiger partial charge in [0.2, 0.25) is 0 Å². The quantitative estimate of drug-likeness (QED) is 0.366. The monoisotopic (exact) mass is 191 g/mol. The molecule has 0 aliphatic carbocycles. The predicted molar refractivity (Wildman–Crippen MR) is 44.0 cm³/mol. The summed E-state index contributed by atoms with van der Waals surface area (Å²) >= 11 is 0. The fourth-order valence-corrected chi connectivity index (χ4v) is 0.612. The van der Waals surface area contributed by atoms with E-state index in [2.05, 4.69) is 25.1 Å². The first-order valence-corrected chi connectivity index (χ1v) is 3.86. The van der Waals surface area contributed by atoms with Gasteiger partial charge in [-0.2, -0.15) is 0 Å². The summed E-state index contributed by atoms with van der Waals surface area (Å²) in [4.78, 5) is 0. The second-order valence-corrected chi connectivity index (χ2v) is 1.97. The van der Waals surface area contributed by atoms with Crippen molar-refractivity contribution >= 4 is 7.25 Å². The van der Waals surface area contributed by atoms with Crippen LogP contribution < -0.4 is 0 Å². The summed E-state index contributed by atoms with van der Waals surface area (Å²) in [5.74, 6) is 0. The first-order valence-electron chi connectivity index (χ1n) is 3.86. The molecule has 0 rings (SSSR count). The topological polar surface area (TPSA) is 2.70 Å². The minimum absolute atomic E-state index is 0. The molecule has 6 heteroatoms. The van der Waals surface area contributed by atoms with Gasteiger partial charge in [0.05, 0.1) is 0 Å². The zero-order valence-electron chi connectivity index (χ0n) is 8.62. The molecule has 0 aliphatic heterocycles. The molecule has 0 heterocycles. The Morgan fingerprint density at radius 2 is 1.08 bits per heavy atom. The Morgan fingerprint density at radius 1 is 0.917 bits per heavy atom. The minimum atomic E-state index is -6.00. The average molecular weight is 191 g/mol. The Labute approximate surface area is 72.0 Å². The van der Waals surface area contributed by atoms with Crippen LogP contribution in [0.15, 0.2) is 0 Å². The maximum absolute atomic E-state index is 9.75. The molecule has 76 valence electrons. The van der Waals surface area contributed by atoms with Crippen LogP contribution >= 0.6 is 0 Å². The molecule has 0 saturated heterocycles. The van der Waals surface area contributed by atoms with Crippen molar-refractivity contribution < 1.29 is 23.1 Å². The third kappa shape index (κ3) is 22.6. The molecule has 0 aromatic rings. The van der Waals surface area contributed by atoms with Crippen molar-refractivity contribution in [1.29, 1.82) is 0 Å². The molecule has 0 atom stereocenters. The third-order valence-electron chi connectivity index (χ3n) is 1.22. The Bertz CT molecular complexity index is 85.6. The lowest BCUT2D eigenvalue weighted by Gasteiger charge is -2.11. The van der Waals surface area contributed by atoms with Crippen molar-refractivity contribution in [3.63, 3.8) is 0 Å². The highest BCUT2D eigenvalue weighted by Gasteiger charge is 2.20. The molecule has 0 aliphatic rings. The average Bonchev–Trinajstić information content (AvgIpc) is 1.88. The van der Waals surface area contributed by atoms with E-state index >= 15 is 0 Å². The molecule has 0 aromatic heterocycles. The summed E-state index contributed by atoms with van der Waals surface area (Å²) in [6.07, 6.45) is 0. The van der Waals surface area contributed by atoms with Gasteiger partial charge in [0.15, 0.2) is 0 Å². The van der Waals surface area contributed by atoms with Gasteiger partial charge in [-0.3, -0.25) is 0 Å². The van der Waals surface area contributed by atoms with Gasteiger partial charge in [-0.15, -0.1) is 0 Å². The van der Waals surface area contributed by atoms with Crippen molar-refractivity contribution in [2.24, 2.45) is 0 Å². The molecule has 1 nitrogen and oxygen atoms in total. The lowest BCUT2D eigenvalue weighted by molar-refractivity contribution is -0.119. The van der Waals surface area contributed by atoms with Crippen LogP contribution in [0.1, 0.15) is 22.2 Å². The molecule has 0 unspecified atom stereocenters. The first-order chi connectivity index (χ1) is 5.35. The maximum Gasteiger partial charge on any atom is 1.00 e. The minimum Gasteiger partial charge on any atom is -0.422 e. The predicted octanol–water partition coefficient (Wildman–Crippen LogP) is 3.01. The number of halogens is 4. The van der Waals surface area contributed by atoms with Crippen LogP contribution in [0.3, 0.4) is 0 Å². The zero-order valence-corrected chi connectivity index (χ0v) is 7.62. The highest BCUT2D eigenvalue weighted by Crippen LogP contribution is 2.06. The Hall–Kier alpha value is -0.255. The highest BCUT2D eigenvalue weighted by molar-refractivity contribution is 6.50. The second kappa shape index (κ2) is 7.40. The van der Waals surface area contributed by atoms with Gasteiger partial charge in [-0.05, 0) is 0 Å². The van der Waals surface area contributed by atoms with E-state index in [0.29, 0.717) is 0 Å². The molecule has 0 amide bonds. The molecule has 12 heavy (non-hydrogen) atoms. The van der Waals surface area contributed by atoms with Gasteiger partial charge in [0, 0.05) is 20.8 Å².